The van der Waals surface area contributed by atoms with E-state index in [0.29, 0.717) is 13.0 Å². The minimum atomic E-state index is -0.929. The molecule has 1 aliphatic rings. The van der Waals surface area contributed by atoms with Crippen LogP contribution in [0.25, 0.3) is 6.08 Å². The van der Waals surface area contributed by atoms with Crippen LogP contribution in [0.2, 0.25) is 0 Å². The van der Waals surface area contributed by atoms with Crippen molar-refractivity contribution in [3.8, 4) is 0 Å². The first-order valence-electron chi connectivity index (χ1n) is 6.05. The third-order valence-corrected chi connectivity index (χ3v) is 3.58. The molecule has 1 fully saturated rings. The predicted octanol–water partition coefficient (Wildman–Crippen LogP) is 2.54. The Labute approximate surface area is 119 Å². The summed E-state index contributed by atoms with van der Waals surface area (Å²) in [7, 11) is 0. The maximum atomic E-state index is 12.0. The molecule has 1 N–H and O–H groups in total. The number of aliphatic carboxylic acids is 1. The van der Waals surface area contributed by atoms with E-state index < -0.39 is 12.0 Å². The molecule has 0 spiro atoms. The summed E-state index contributed by atoms with van der Waals surface area (Å²) < 4.78 is 0.937. The highest BCUT2D eigenvalue weighted by atomic mass is 79.9. The zero-order chi connectivity index (χ0) is 13.8. The van der Waals surface area contributed by atoms with E-state index in [0.717, 1.165) is 16.5 Å². The zero-order valence-corrected chi connectivity index (χ0v) is 11.8. The lowest BCUT2D eigenvalue weighted by Gasteiger charge is -2.19. The molecule has 1 aromatic rings. The van der Waals surface area contributed by atoms with Crippen LogP contribution in [0.3, 0.4) is 0 Å². The first kappa shape index (κ1) is 13.8. The molecule has 5 heteroatoms. The van der Waals surface area contributed by atoms with E-state index in [9.17, 15) is 9.59 Å². The number of carbonyl (C=O) groups is 2. The Kier molecular flexibility index (Phi) is 4.37. The first-order chi connectivity index (χ1) is 9.08. The van der Waals surface area contributed by atoms with Gasteiger partial charge in [0.15, 0.2) is 0 Å². The van der Waals surface area contributed by atoms with Gasteiger partial charge in [-0.25, -0.2) is 4.79 Å². The number of amides is 1. The van der Waals surface area contributed by atoms with Crippen molar-refractivity contribution in [3.63, 3.8) is 0 Å². The molecule has 100 valence electrons. The maximum absolute atomic E-state index is 12.0. The van der Waals surface area contributed by atoms with Gasteiger partial charge in [0.25, 0.3) is 0 Å². The minimum Gasteiger partial charge on any atom is -0.480 e. The van der Waals surface area contributed by atoms with Crippen molar-refractivity contribution >= 4 is 33.9 Å². The van der Waals surface area contributed by atoms with Gasteiger partial charge >= 0.3 is 5.97 Å². The van der Waals surface area contributed by atoms with E-state index in [1.807, 2.05) is 24.3 Å². The van der Waals surface area contributed by atoms with Crippen molar-refractivity contribution in [1.82, 2.24) is 4.90 Å². The Hall–Kier alpha value is -1.62. The second-order valence-corrected chi connectivity index (χ2v) is 5.33. The fourth-order valence-electron chi connectivity index (χ4n) is 2.16. The summed E-state index contributed by atoms with van der Waals surface area (Å²) >= 11 is 3.36. The summed E-state index contributed by atoms with van der Waals surface area (Å²) in [6.45, 7) is 0.513. The summed E-state index contributed by atoms with van der Waals surface area (Å²) in [5.74, 6) is -1.17. The third kappa shape index (κ3) is 3.44. The molecule has 0 aliphatic carbocycles. The number of nitrogens with zero attached hydrogens (tertiary/aromatic N) is 1. The smallest absolute Gasteiger partial charge is 0.326 e. The molecule has 1 aliphatic heterocycles. The molecule has 1 aromatic carbocycles. The van der Waals surface area contributed by atoms with Crippen LogP contribution in [-0.2, 0) is 9.59 Å². The molecule has 4 nitrogen and oxygen atoms in total. The Morgan fingerprint density at radius 2 is 2.21 bits per heavy atom. The van der Waals surface area contributed by atoms with Gasteiger partial charge in [0, 0.05) is 17.1 Å². The summed E-state index contributed by atoms with van der Waals surface area (Å²) in [6, 6.07) is 6.87. The van der Waals surface area contributed by atoms with Gasteiger partial charge in [0.05, 0.1) is 0 Å². The lowest BCUT2D eigenvalue weighted by atomic mass is 10.2. The summed E-state index contributed by atoms with van der Waals surface area (Å²) in [5, 5.41) is 9.03. The zero-order valence-electron chi connectivity index (χ0n) is 10.3. The molecule has 0 saturated carbocycles. The summed E-state index contributed by atoms with van der Waals surface area (Å²) in [6.07, 6.45) is 4.41. The third-order valence-electron chi connectivity index (χ3n) is 3.09. The molecule has 1 amide bonds. The Bertz CT molecular complexity index is 527. The van der Waals surface area contributed by atoms with Gasteiger partial charge in [-0.3, -0.25) is 4.79 Å². The molecule has 0 bridgehead atoms. The first-order valence-corrected chi connectivity index (χ1v) is 6.84. The molecule has 0 aromatic heterocycles. The van der Waals surface area contributed by atoms with Gasteiger partial charge in [0.2, 0.25) is 5.91 Å². The highest BCUT2D eigenvalue weighted by Gasteiger charge is 2.32. The Morgan fingerprint density at radius 1 is 1.42 bits per heavy atom. The average molecular weight is 324 g/mol. The van der Waals surface area contributed by atoms with Crippen molar-refractivity contribution in [2.45, 2.75) is 18.9 Å². The van der Waals surface area contributed by atoms with E-state index in [2.05, 4.69) is 15.9 Å². The molecule has 0 unspecified atom stereocenters. The fraction of sp³-hybridized carbons (Fsp3) is 0.286. The van der Waals surface area contributed by atoms with Crippen molar-refractivity contribution in [3.05, 3.63) is 40.4 Å². The molecule has 1 atom stereocenters. The number of halogens is 1. The minimum absolute atomic E-state index is 0.245. The second-order valence-electron chi connectivity index (χ2n) is 4.42. The molecule has 1 heterocycles. The van der Waals surface area contributed by atoms with Crippen LogP contribution in [0.15, 0.2) is 34.8 Å². The summed E-state index contributed by atoms with van der Waals surface area (Å²) in [4.78, 5) is 24.4. The van der Waals surface area contributed by atoms with Crippen LogP contribution in [0.4, 0.5) is 0 Å². The van der Waals surface area contributed by atoms with Crippen LogP contribution >= 0.6 is 15.9 Å². The molecule has 0 radical (unpaired) electrons. The van der Waals surface area contributed by atoms with Crippen LogP contribution in [0.1, 0.15) is 18.4 Å². The van der Waals surface area contributed by atoms with Crippen LogP contribution < -0.4 is 0 Å². The van der Waals surface area contributed by atoms with Crippen LogP contribution in [0.5, 0.6) is 0 Å². The number of carboxylic acid groups (broad SMARTS) is 1. The van der Waals surface area contributed by atoms with Gasteiger partial charge in [-0.05, 0) is 36.6 Å². The van der Waals surface area contributed by atoms with E-state index in [-0.39, 0.29) is 5.91 Å². The standard InChI is InChI=1S/C14H14BrNO3/c15-11-4-1-3-10(9-11)6-7-13(17)16-8-2-5-12(16)14(18)19/h1,3-4,6-7,9,12H,2,5,8H2,(H,18,19)/t12-/m1/s1. The van der Waals surface area contributed by atoms with Crippen molar-refractivity contribution in [2.24, 2.45) is 0 Å². The Morgan fingerprint density at radius 3 is 2.89 bits per heavy atom. The normalized spacial score (nSPS) is 19.0. The second kappa shape index (κ2) is 6.02. The van der Waals surface area contributed by atoms with E-state index in [1.165, 1.54) is 11.0 Å². The monoisotopic (exact) mass is 323 g/mol. The van der Waals surface area contributed by atoms with Gasteiger partial charge in [-0.1, -0.05) is 28.1 Å². The molecular formula is C14H14BrNO3. The molecule has 2 rings (SSSR count). The topological polar surface area (TPSA) is 57.6 Å². The number of carboxylic acids is 1. The number of hydrogen-bond acceptors (Lipinski definition) is 2. The summed E-state index contributed by atoms with van der Waals surface area (Å²) in [5.41, 5.74) is 0.897. The van der Waals surface area contributed by atoms with Gasteiger partial charge < -0.3 is 10.0 Å². The van der Waals surface area contributed by atoms with Crippen molar-refractivity contribution in [2.75, 3.05) is 6.54 Å². The fourth-order valence-corrected chi connectivity index (χ4v) is 2.58. The van der Waals surface area contributed by atoms with E-state index >= 15 is 0 Å². The number of hydrogen-bond donors (Lipinski definition) is 1. The van der Waals surface area contributed by atoms with Crippen molar-refractivity contribution < 1.29 is 14.7 Å². The lowest BCUT2D eigenvalue weighted by Crippen LogP contribution is -2.39. The number of carbonyl (C=O) groups excluding carboxylic acids is 1. The quantitative estimate of drug-likeness (QED) is 0.870. The average Bonchev–Trinajstić information content (AvgIpc) is 2.85. The van der Waals surface area contributed by atoms with Gasteiger partial charge in [0.1, 0.15) is 6.04 Å². The molecular weight excluding hydrogens is 310 g/mol. The van der Waals surface area contributed by atoms with Gasteiger partial charge in [-0.15, -0.1) is 0 Å². The van der Waals surface area contributed by atoms with Crippen molar-refractivity contribution in [1.29, 1.82) is 0 Å². The maximum Gasteiger partial charge on any atom is 0.326 e. The van der Waals surface area contributed by atoms with Gasteiger partial charge in [-0.2, -0.15) is 0 Å². The highest BCUT2D eigenvalue weighted by Crippen LogP contribution is 2.18. The van der Waals surface area contributed by atoms with E-state index in [1.54, 1.807) is 6.08 Å². The number of rotatable bonds is 3. The largest absolute Gasteiger partial charge is 0.480 e. The Balaban J connectivity index is 2.06. The molecule has 1 saturated heterocycles. The predicted molar refractivity (Wildman–Crippen MR) is 75.5 cm³/mol. The lowest BCUT2D eigenvalue weighted by molar-refractivity contribution is -0.146. The highest BCUT2D eigenvalue weighted by molar-refractivity contribution is 9.10. The molecule has 19 heavy (non-hydrogen) atoms. The SMILES string of the molecule is O=C(O)[C@H]1CCCN1C(=O)C=Cc1cccc(Br)c1. The number of benzene rings is 1. The number of likely N-dealkylation sites (tertiary alicyclic amines) is 1. The van der Waals surface area contributed by atoms with Crippen LogP contribution in [0, 0.1) is 0 Å². The van der Waals surface area contributed by atoms with E-state index in [4.69, 9.17) is 5.11 Å². The van der Waals surface area contributed by atoms with Crippen LogP contribution in [-0.4, -0.2) is 34.5 Å².